The molecule has 22 heavy (non-hydrogen) atoms. The van der Waals surface area contributed by atoms with Crippen LogP contribution in [0.1, 0.15) is 0 Å². The summed E-state index contributed by atoms with van der Waals surface area (Å²) < 4.78 is 44.2. The van der Waals surface area contributed by atoms with Gasteiger partial charge in [0, 0.05) is 6.07 Å². The van der Waals surface area contributed by atoms with Gasteiger partial charge in [0.05, 0.1) is 17.8 Å². The first-order valence-corrected chi connectivity index (χ1v) is 6.20. The van der Waals surface area contributed by atoms with Gasteiger partial charge in [-0.05, 0) is 12.1 Å². The van der Waals surface area contributed by atoms with Crippen molar-refractivity contribution < 1.29 is 32.2 Å². The third-order valence-electron chi connectivity index (χ3n) is 2.21. The van der Waals surface area contributed by atoms with Gasteiger partial charge in [0.2, 0.25) is 5.91 Å². The number of hydrogen-bond acceptors (Lipinski definition) is 4. The second-order valence-corrected chi connectivity index (χ2v) is 4.35. The first-order chi connectivity index (χ1) is 10.2. The Morgan fingerprint density at radius 2 is 2.00 bits per heavy atom. The fraction of sp³-hybridized carbons (Fsp3) is 0.333. The van der Waals surface area contributed by atoms with Crippen LogP contribution < -0.4 is 15.4 Å². The van der Waals surface area contributed by atoms with Crippen molar-refractivity contribution in [3.8, 4) is 5.75 Å². The molecule has 0 bridgehead atoms. The lowest BCUT2D eigenvalue weighted by atomic mass is 10.3. The summed E-state index contributed by atoms with van der Waals surface area (Å²) in [5.74, 6) is -0.201. The zero-order chi connectivity index (χ0) is 16.8. The average Bonchev–Trinajstić information content (AvgIpc) is 2.44. The predicted molar refractivity (Wildman–Crippen MR) is 72.0 cm³/mol. The number of anilines is 1. The van der Waals surface area contributed by atoms with Crippen LogP contribution in [0.5, 0.6) is 5.75 Å². The molecule has 2 amide bonds. The third kappa shape index (κ3) is 6.53. The summed E-state index contributed by atoms with van der Waals surface area (Å²) in [5.41, 5.74) is 0.262. The summed E-state index contributed by atoms with van der Waals surface area (Å²) in [6.07, 6.45) is -5.98. The summed E-state index contributed by atoms with van der Waals surface area (Å²) in [6, 6.07) is 4.48. The van der Waals surface area contributed by atoms with E-state index in [0.717, 1.165) is 0 Å². The molecule has 0 radical (unpaired) electrons. The number of benzene rings is 1. The molecule has 0 aromatic heterocycles. The lowest BCUT2D eigenvalue weighted by Crippen LogP contribution is -2.35. The van der Waals surface area contributed by atoms with Crippen LogP contribution in [0, 0.1) is 0 Å². The molecule has 1 rings (SSSR count). The number of ether oxygens (including phenoxy) is 2. The van der Waals surface area contributed by atoms with E-state index in [1.54, 1.807) is 6.07 Å². The quantitative estimate of drug-likeness (QED) is 0.863. The SMILES string of the molecule is COc1ccc(NC(=O)CNC(=O)OCC(F)(F)F)c(Cl)c1. The van der Waals surface area contributed by atoms with E-state index in [0.29, 0.717) is 5.75 Å². The number of rotatable bonds is 5. The molecule has 0 saturated carbocycles. The smallest absolute Gasteiger partial charge is 0.422 e. The van der Waals surface area contributed by atoms with Crippen LogP contribution in [0.4, 0.5) is 23.7 Å². The molecule has 6 nitrogen and oxygen atoms in total. The zero-order valence-electron chi connectivity index (χ0n) is 11.3. The molecule has 0 fully saturated rings. The zero-order valence-corrected chi connectivity index (χ0v) is 12.0. The van der Waals surface area contributed by atoms with Crippen LogP contribution >= 0.6 is 11.6 Å². The lowest BCUT2D eigenvalue weighted by molar-refractivity contribution is -0.160. The number of nitrogens with one attached hydrogen (secondary N) is 2. The van der Waals surface area contributed by atoms with Gasteiger partial charge in [-0.15, -0.1) is 0 Å². The molecular weight excluding hydrogens is 329 g/mol. The van der Waals surface area contributed by atoms with E-state index in [-0.39, 0.29) is 10.7 Å². The normalized spacial score (nSPS) is 10.8. The average molecular weight is 341 g/mol. The second-order valence-electron chi connectivity index (χ2n) is 3.94. The molecule has 0 atom stereocenters. The molecule has 0 saturated heterocycles. The standard InChI is InChI=1S/C12H12ClF3N2O4/c1-21-7-2-3-9(8(13)4-7)18-10(19)5-17-11(20)22-6-12(14,15)16/h2-4H,5-6H2,1H3,(H,17,20)(H,18,19). The Morgan fingerprint density at radius 3 is 2.55 bits per heavy atom. The summed E-state index contributed by atoms with van der Waals surface area (Å²) in [7, 11) is 1.44. The topological polar surface area (TPSA) is 76.7 Å². The van der Waals surface area contributed by atoms with E-state index in [9.17, 15) is 22.8 Å². The molecular formula is C12H12ClF3N2O4. The molecule has 0 unspecified atom stereocenters. The van der Waals surface area contributed by atoms with Gasteiger partial charge < -0.3 is 20.1 Å². The van der Waals surface area contributed by atoms with Crippen molar-refractivity contribution in [2.24, 2.45) is 0 Å². The van der Waals surface area contributed by atoms with Crippen LogP contribution in [0.15, 0.2) is 18.2 Å². The number of methoxy groups -OCH3 is 1. The Labute approximate surface area is 128 Å². The van der Waals surface area contributed by atoms with E-state index in [1.165, 1.54) is 19.2 Å². The van der Waals surface area contributed by atoms with Crippen molar-refractivity contribution in [1.82, 2.24) is 5.32 Å². The van der Waals surface area contributed by atoms with Gasteiger partial charge in [-0.2, -0.15) is 13.2 Å². The molecule has 0 aliphatic carbocycles. The number of carbonyl (C=O) groups is 2. The van der Waals surface area contributed by atoms with E-state index in [1.807, 2.05) is 5.32 Å². The van der Waals surface area contributed by atoms with Gasteiger partial charge >= 0.3 is 12.3 Å². The Balaban J connectivity index is 2.42. The van der Waals surface area contributed by atoms with Crippen molar-refractivity contribution in [1.29, 1.82) is 0 Å². The summed E-state index contributed by atoms with van der Waals surface area (Å²) >= 11 is 5.88. The van der Waals surface area contributed by atoms with Crippen molar-refractivity contribution in [3.05, 3.63) is 23.2 Å². The van der Waals surface area contributed by atoms with Crippen LogP contribution in [0.3, 0.4) is 0 Å². The van der Waals surface area contributed by atoms with Gasteiger partial charge in [-0.1, -0.05) is 11.6 Å². The molecule has 0 aliphatic rings. The fourth-order valence-electron chi connectivity index (χ4n) is 1.27. The highest BCUT2D eigenvalue weighted by Crippen LogP contribution is 2.26. The second kappa shape index (κ2) is 7.74. The molecule has 0 heterocycles. The van der Waals surface area contributed by atoms with Gasteiger partial charge in [-0.25, -0.2) is 4.79 Å². The summed E-state index contributed by atoms with van der Waals surface area (Å²) in [5, 5.41) is 4.45. The maximum atomic E-state index is 11.8. The Bertz CT molecular complexity index is 552. The molecule has 10 heteroatoms. The van der Waals surface area contributed by atoms with Crippen molar-refractivity contribution in [2.75, 3.05) is 25.6 Å². The Hall–Kier alpha value is -2.16. The summed E-state index contributed by atoms with van der Waals surface area (Å²) in [4.78, 5) is 22.5. The van der Waals surface area contributed by atoms with Crippen LogP contribution in [0.2, 0.25) is 5.02 Å². The highest BCUT2D eigenvalue weighted by atomic mass is 35.5. The van der Waals surface area contributed by atoms with Crippen LogP contribution in [-0.4, -0.2) is 38.4 Å². The van der Waals surface area contributed by atoms with Crippen molar-refractivity contribution >= 4 is 29.3 Å². The molecule has 1 aromatic rings. The number of hydrogen-bond donors (Lipinski definition) is 2. The lowest BCUT2D eigenvalue weighted by Gasteiger charge is -2.10. The van der Waals surface area contributed by atoms with Crippen molar-refractivity contribution in [3.63, 3.8) is 0 Å². The number of carbonyl (C=O) groups excluding carboxylic acids is 2. The molecule has 122 valence electrons. The summed E-state index contributed by atoms with van der Waals surface area (Å²) in [6.45, 7) is -2.30. The van der Waals surface area contributed by atoms with E-state index in [2.05, 4.69) is 10.1 Å². The molecule has 2 N–H and O–H groups in total. The maximum Gasteiger partial charge on any atom is 0.422 e. The highest BCUT2D eigenvalue weighted by molar-refractivity contribution is 6.33. The largest absolute Gasteiger partial charge is 0.497 e. The Morgan fingerprint density at radius 1 is 1.32 bits per heavy atom. The third-order valence-corrected chi connectivity index (χ3v) is 2.52. The maximum absolute atomic E-state index is 11.8. The number of alkyl carbamates (subject to hydrolysis) is 1. The Kier molecular flexibility index (Phi) is 6.29. The van der Waals surface area contributed by atoms with Gasteiger partial charge in [0.1, 0.15) is 12.3 Å². The minimum Gasteiger partial charge on any atom is -0.497 e. The minimum absolute atomic E-state index is 0.201. The minimum atomic E-state index is -4.63. The van der Waals surface area contributed by atoms with Crippen molar-refractivity contribution in [2.45, 2.75) is 6.18 Å². The van der Waals surface area contributed by atoms with Crippen LogP contribution in [0.25, 0.3) is 0 Å². The van der Waals surface area contributed by atoms with E-state index in [4.69, 9.17) is 16.3 Å². The number of alkyl halides is 3. The van der Waals surface area contributed by atoms with Gasteiger partial charge in [0.25, 0.3) is 0 Å². The first kappa shape index (κ1) is 17.9. The van der Waals surface area contributed by atoms with Gasteiger partial charge in [-0.3, -0.25) is 4.79 Å². The number of halogens is 4. The first-order valence-electron chi connectivity index (χ1n) is 5.82. The van der Waals surface area contributed by atoms with E-state index >= 15 is 0 Å². The highest BCUT2D eigenvalue weighted by Gasteiger charge is 2.29. The number of amides is 2. The van der Waals surface area contributed by atoms with Crippen LogP contribution in [-0.2, 0) is 9.53 Å². The molecule has 0 aliphatic heterocycles. The fourth-order valence-corrected chi connectivity index (χ4v) is 1.49. The monoisotopic (exact) mass is 340 g/mol. The predicted octanol–water partition coefficient (Wildman–Crippen LogP) is 2.58. The molecule has 1 aromatic carbocycles. The van der Waals surface area contributed by atoms with Gasteiger partial charge in [0.15, 0.2) is 6.61 Å². The molecule has 0 spiro atoms. The van der Waals surface area contributed by atoms with E-state index < -0.39 is 31.3 Å².